The summed E-state index contributed by atoms with van der Waals surface area (Å²) in [6.07, 6.45) is -15.7. The molecule has 0 aromatic rings. The summed E-state index contributed by atoms with van der Waals surface area (Å²) in [5, 5.41) is 115. The number of ether oxygens (including phenoxy) is 6. The van der Waals surface area contributed by atoms with Crippen LogP contribution >= 0.6 is 0 Å². The van der Waals surface area contributed by atoms with Gasteiger partial charge in [-0.1, -0.05) is 60.1 Å². The Kier molecular flexibility index (Phi) is 13.8. The molecule has 0 bridgehead atoms. The number of carboxylic acid groups (broad SMARTS) is 1. The standard InChI is InChI=1S/C48H76O19/c1-43(2)14-16-48(42(61)67-40-35(57)31(53)29(51)24(64-40)20-62-39-34(56)30(52)28(50)23(19-49)63-39)17-15-46(6)21(22(48)18-43)8-9-26-45(5)12-11-27(44(3,4)25(45)10-13-47(26,46)7)65-41-36(58)32(54)33(55)37(66-41)38(59)60/h8,22-37,39-41,49-58H,9-20H2,1-7H3,(H,59,60)/t22?,23-,24-,25?,26?,27?,28-,29-,30+,31+,32+,33+,34-,35-,36-,37+,39-,40+,41-,45+,46-,47-,48+/m1/s1. The molecule has 7 fully saturated rings. The van der Waals surface area contributed by atoms with Crippen molar-refractivity contribution >= 4 is 11.9 Å². The van der Waals surface area contributed by atoms with Crippen LogP contribution in [0.5, 0.6) is 0 Å². The summed E-state index contributed by atoms with van der Waals surface area (Å²) in [4.78, 5) is 26.8. The number of allylic oxidation sites excluding steroid dienone is 2. The number of aliphatic hydroxyl groups is 10. The van der Waals surface area contributed by atoms with Crippen molar-refractivity contribution in [3.63, 3.8) is 0 Å². The van der Waals surface area contributed by atoms with Crippen LogP contribution in [0, 0.1) is 50.2 Å². The Bertz CT molecular complexity index is 1880. The third-order valence-corrected chi connectivity index (χ3v) is 19.3. The Morgan fingerprint density at radius 2 is 1.25 bits per heavy atom. The number of aliphatic carboxylic acids is 1. The van der Waals surface area contributed by atoms with E-state index in [1.807, 2.05) is 0 Å². The number of hydrogen-bond donors (Lipinski definition) is 11. The lowest BCUT2D eigenvalue weighted by Crippen LogP contribution is -2.66. The molecule has 0 aromatic carbocycles. The molecule has 4 unspecified atom stereocenters. The van der Waals surface area contributed by atoms with Gasteiger partial charge in [-0.05, 0) is 109 Å². The van der Waals surface area contributed by atoms with Gasteiger partial charge in [0.15, 0.2) is 18.7 Å². The lowest BCUT2D eigenvalue weighted by atomic mass is 9.33. The minimum Gasteiger partial charge on any atom is -0.479 e. The van der Waals surface area contributed by atoms with E-state index in [4.69, 9.17) is 28.4 Å². The Labute approximate surface area is 391 Å². The monoisotopic (exact) mass is 956 g/mol. The first-order valence-corrected chi connectivity index (χ1v) is 24.3. The molecule has 8 rings (SSSR count). The van der Waals surface area contributed by atoms with Crippen molar-refractivity contribution in [3.05, 3.63) is 11.6 Å². The van der Waals surface area contributed by atoms with Crippen molar-refractivity contribution in [2.45, 2.75) is 211 Å². The van der Waals surface area contributed by atoms with Crippen molar-refractivity contribution in [2.24, 2.45) is 50.2 Å². The molecular formula is C48H76O19. The van der Waals surface area contributed by atoms with Crippen LogP contribution in [0.1, 0.15) is 113 Å². The maximum atomic E-state index is 15.0. The first-order chi connectivity index (χ1) is 31.2. The molecule has 0 radical (unpaired) electrons. The maximum Gasteiger partial charge on any atom is 0.335 e. The van der Waals surface area contributed by atoms with Crippen LogP contribution in [0.25, 0.3) is 0 Å². The highest BCUT2D eigenvalue weighted by Gasteiger charge is 2.70. The highest BCUT2D eigenvalue weighted by Crippen LogP contribution is 2.76. The highest BCUT2D eigenvalue weighted by molar-refractivity contribution is 5.79. The van der Waals surface area contributed by atoms with Crippen molar-refractivity contribution < 1.29 is 94.2 Å². The zero-order valence-electron chi connectivity index (χ0n) is 39.7. The zero-order valence-corrected chi connectivity index (χ0v) is 39.7. The molecule has 3 saturated heterocycles. The highest BCUT2D eigenvalue weighted by atomic mass is 16.7. The van der Waals surface area contributed by atoms with Gasteiger partial charge in [-0.2, -0.15) is 0 Å². The molecule has 67 heavy (non-hydrogen) atoms. The van der Waals surface area contributed by atoms with E-state index in [1.54, 1.807) is 0 Å². The fraction of sp³-hybridized carbons (Fsp3) is 0.917. The lowest BCUT2D eigenvalue weighted by molar-refractivity contribution is -0.328. The summed E-state index contributed by atoms with van der Waals surface area (Å²) in [5.41, 5.74) is -0.956. The molecule has 3 aliphatic heterocycles. The van der Waals surface area contributed by atoms with Crippen molar-refractivity contribution in [2.75, 3.05) is 13.2 Å². The minimum atomic E-state index is -1.82. The number of hydrogen-bond acceptors (Lipinski definition) is 18. The van der Waals surface area contributed by atoms with Crippen molar-refractivity contribution in [3.8, 4) is 0 Å². The largest absolute Gasteiger partial charge is 0.479 e. The van der Waals surface area contributed by atoms with E-state index in [1.165, 1.54) is 5.57 Å². The van der Waals surface area contributed by atoms with Crippen LogP contribution in [0.3, 0.4) is 0 Å². The predicted octanol–water partition coefficient (Wildman–Crippen LogP) is 0.233. The zero-order chi connectivity index (χ0) is 49.1. The molecule has 19 heteroatoms. The Morgan fingerprint density at radius 3 is 1.91 bits per heavy atom. The number of carbonyl (C=O) groups is 2. The quantitative estimate of drug-likeness (QED) is 0.0838. The molecule has 3 heterocycles. The Balaban J connectivity index is 1.01. The lowest BCUT2D eigenvalue weighted by Gasteiger charge is -2.71. The number of carbonyl (C=O) groups excluding carboxylic acids is 1. The third kappa shape index (κ3) is 8.15. The molecule has 5 aliphatic carbocycles. The normalized spacial score (nSPS) is 52.6. The summed E-state index contributed by atoms with van der Waals surface area (Å²) in [6, 6.07) is 0. The van der Waals surface area contributed by atoms with Crippen molar-refractivity contribution in [1.82, 2.24) is 0 Å². The van der Waals surface area contributed by atoms with Gasteiger partial charge >= 0.3 is 11.9 Å². The summed E-state index contributed by atoms with van der Waals surface area (Å²) in [5.74, 6) is -1.83. The van der Waals surface area contributed by atoms with Gasteiger partial charge in [0.1, 0.15) is 67.1 Å². The smallest absolute Gasteiger partial charge is 0.335 e. The average molecular weight is 957 g/mol. The van der Waals surface area contributed by atoms with E-state index in [9.17, 15) is 65.8 Å². The second-order valence-corrected chi connectivity index (χ2v) is 23.5. The fourth-order valence-electron chi connectivity index (χ4n) is 14.9. The van der Waals surface area contributed by atoms with Gasteiger partial charge in [0, 0.05) is 0 Å². The van der Waals surface area contributed by atoms with Crippen LogP contribution in [-0.4, -0.2) is 180 Å². The molecule has 11 N–H and O–H groups in total. The molecule has 0 amide bonds. The van der Waals surface area contributed by atoms with Crippen LogP contribution in [-0.2, 0) is 38.0 Å². The van der Waals surface area contributed by atoms with Crippen LogP contribution < -0.4 is 0 Å². The van der Waals surface area contributed by atoms with Gasteiger partial charge in [0.25, 0.3) is 0 Å². The Morgan fingerprint density at radius 1 is 0.657 bits per heavy atom. The van der Waals surface area contributed by atoms with Gasteiger partial charge in [0.2, 0.25) is 6.29 Å². The van der Waals surface area contributed by atoms with Gasteiger partial charge in [-0.25, -0.2) is 4.79 Å². The summed E-state index contributed by atoms with van der Waals surface area (Å²) in [7, 11) is 0. The number of aliphatic hydroxyl groups excluding tert-OH is 10. The summed E-state index contributed by atoms with van der Waals surface area (Å²) in [6.45, 7) is 14.6. The Hall–Kier alpha value is -1.92. The topological polar surface area (TPSA) is 312 Å². The molecule has 382 valence electrons. The van der Waals surface area contributed by atoms with Gasteiger partial charge < -0.3 is 84.6 Å². The van der Waals surface area contributed by atoms with E-state index < -0.39 is 134 Å². The van der Waals surface area contributed by atoms with E-state index in [0.717, 1.165) is 32.1 Å². The molecule has 8 aliphatic rings. The van der Waals surface area contributed by atoms with Gasteiger partial charge in [0.05, 0.1) is 24.7 Å². The van der Waals surface area contributed by atoms with Crippen LogP contribution in [0.4, 0.5) is 0 Å². The summed E-state index contributed by atoms with van der Waals surface area (Å²) >= 11 is 0. The van der Waals surface area contributed by atoms with Gasteiger partial charge in [-0.3, -0.25) is 4.79 Å². The van der Waals surface area contributed by atoms with E-state index in [0.29, 0.717) is 32.1 Å². The van der Waals surface area contributed by atoms with Crippen LogP contribution in [0.2, 0.25) is 0 Å². The molecule has 0 aromatic heterocycles. The fourth-order valence-corrected chi connectivity index (χ4v) is 14.9. The first-order valence-electron chi connectivity index (χ1n) is 24.3. The number of fused-ring (bicyclic) bond motifs is 7. The molecule has 23 atom stereocenters. The predicted molar refractivity (Wildman–Crippen MR) is 231 cm³/mol. The van der Waals surface area contributed by atoms with Crippen LogP contribution in [0.15, 0.2) is 11.6 Å². The second-order valence-electron chi connectivity index (χ2n) is 23.5. The van der Waals surface area contributed by atoms with E-state index >= 15 is 0 Å². The molecule has 4 saturated carbocycles. The second kappa shape index (κ2) is 18.0. The first kappa shape index (κ1) is 51.4. The number of esters is 1. The molecule has 0 spiro atoms. The maximum absolute atomic E-state index is 15.0. The van der Waals surface area contributed by atoms with Gasteiger partial charge in [-0.15, -0.1) is 0 Å². The molecule has 19 nitrogen and oxygen atoms in total. The minimum absolute atomic E-state index is 0.112. The van der Waals surface area contributed by atoms with E-state index in [-0.39, 0.29) is 39.4 Å². The SMILES string of the molecule is CC1(C)CC[C@]2(C(=O)O[C@@H]3O[C@H](CO[C@@H]4O[C@H](CO)[C@@H](O)[C@H](O)[C@H]4O)[C@@H](O)[C@H](O)[C@H]3O)CC[C@]3(C)C(=CCC4[C@@]5(C)CCC(O[C@@H]6O[C@H](C(=O)O)[C@@H](O)[C@H](O)[C@H]6O)C(C)(C)C5CC[C@]43C)C2C1. The average Bonchev–Trinajstić information content (AvgIpc) is 3.26. The van der Waals surface area contributed by atoms with Crippen molar-refractivity contribution in [1.29, 1.82) is 0 Å². The summed E-state index contributed by atoms with van der Waals surface area (Å²) < 4.78 is 35.1. The van der Waals surface area contributed by atoms with E-state index in [2.05, 4.69) is 54.5 Å². The molecular weight excluding hydrogens is 881 g/mol. The number of rotatable bonds is 9. The third-order valence-electron chi connectivity index (χ3n) is 19.3. The number of carboxylic acids is 1.